The van der Waals surface area contributed by atoms with Crippen LogP contribution in [0.3, 0.4) is 0 Å². The van der Waals surface area contributed by atoms with E-state index in [2.05, 4.69) is 5.32 Å². The number of likely N-dealkylation sites (N-methyl/N-ethyl adjacent to an activating group) is 1. The molecule has 0 saturated carbocycles. The molecule has 0 radical (unpaired) electrons. The molecule has 86 valence electrons. The molecular formula is C10H18N2O3. The molecule has 0 aliphatic carbocycles. The zero-order valence-electron chi connectivity index (χ0n) is 9.19. The summed E-state index contributed by atoms with van der Waals surface area (Å²) in [5.74, 6) is -1.05. The van der Waals surface area contributed by atoms with Gasteiger partial charge >= 0.3 is 5.97 Å². The molecule has 1 rings (SSSR count). The SMILES string of the molecule is CCN(C(=O)[C@@H]1CCCN1)[C@@H](C)C(=O)O. The second kappa shape index (κ2) is 5.11. The van der Waals surface area contributed by atoms with Gasteiger partial charge in [-0.05, 0) is 33.2 Å². The van der Waals surface area contributed by atoms with Gasteiger partial charge in [0.15, 0.2) is 0 Å². The van der Waals surface area contributed by atoms with Crippen molar-refractivity contribution in [3.05, 3.63) is 0 Å². The first-order chi connectivity index (χ1) is 7.07. The van der Waals surface area contributed by atoms with E-state index in [0.29, 0.717) is 6.54 Å². The van der Waals surface area contributed by atoms with E-state index in [0.717, 1.165) is 19.4 Å². The number of amides is 1. The number of nitrogens with zero attached hydrogens (tertiary/aromatic N) is 1. The van der Waals surface area contributed by atoms with Crippen LogP contribution in [-0.4, -0.2) is 47.1 Å². The lowest BCUT2D eigenvalue weighted by atomic mass is 10.1. The molecule has 5 heteroatoms. The number of hydrogen-bond acceptors (Lipinski definition) is 3. The van der Waals surface area contributed by atoms with Crippen molar-refractivity contribution in [3.63, 3.8) is 0 Å². The average molecular weight is 214 g/mol. The summed E-state index contributed by atoms with van der Waals surface area (Å²) in [6.45, 7) is 4.62. The third kappa shape index (κ3) is 2.68. The van der Waals surface area contributed by atoms with Gasteiger partial charge < -0.3 is 15.3 Å². The Morgan fingerprint density at radius 1 is 1.60 bits per heavy atom. The van der Waals surface area contributed by atoms with Crippen molar-refractivity contribution in [2.45, 2.75) is 38.8 Å². The maximum absolute atomic E-state index is 11.9. The van der Waals surface area contributed by atoms with Crippen LogP contribution in [0.25, 0.3) is 0 Å². The number of carbonyl (C=O) groups excluding carboxylic acids is 1. The molecule has 1 heterocycles. The Kier molecular flexibility index (Phi) is 4.08. The molecule has 2 atom stereocenters. The Labute approximate surface area is 89.4 Å². The molecular weight excluding hydrogens is 196 g/mol. The summed E-state index contributed by atoms with van der Waals surface area (Å²) in [5, 5.41) is 11.9. The molecule has 0 bridgehead atoms. The van der Waals surface area contributed by atoms with Gasteiger partial charge in [-0.15, -0.1) is 0 Å². The highest BCUT2D eigenvalue weighted by molar-refractivity contribution is 5.87. The highest BCUT2D eigenvalue weighted by atomic mass is 16.4. The number of hydrogen-bond donors (Lipinski definition) is 2. The third-order valence-corrected chi connectivity index (χ3v) is 2.81. The topological polar surface area (TPSA) is 69.6 Å². The Balaban J connectivity index is 2.64. The maximum atomic E-state index is 11.9. The Morgan fingerprint density at radius 2 is 2.27 bits per heavy atom. The Hall–Kier alpha value is -1.10. The number of carbonyl (C=O) groups is 2. The van der Waals surface area contributed by atoms with Crippen LogP contribution in [0.2, 0.25) is 0 Å². The normalized spacial score (nSPS) is 22.4. The summed E-state index contributed by atoms with van der Waals surface area (Å²) < 4.78 is 0. The molecule has 1 aliphatic heterocycles. The van der Waals surface area contributed by atoms with E-state index >= 15 is 0 Å². The van der Waals surface area contributed by atoms with Gasteiger partial charge in [0.25, 0.3) is 0 Å². The zero-order valence-corrected chi connectivity index (χ0v) is 9.19. The summed E-state index contributed by atoms with van der Waals surface area (Å²) in [5.41, 5.74) is 0. The van der Waals surface area contributed by atoms with Crippen LogP contribution in [-0.2, 0) is 9.59 Å². The lowest BCUT2D eigenvalue weighted by molar-refractivity contribution is -0.150. The van der Waals surface area contributed by atoms with Crippen LogP contribution in [0.4, 0.5) is 0 Å². The minimum Gasteiger partial charge on any atom is -0.480 e. The van der Waals surface area contributed by atoms with E-state index in [4.69, 9.17) is 5.11 Å². The molecule has 0 aromatic carbocycles. The van der Waals surface area contributed by atoms with Gasteiger partial charge in [-0.25, -0.2) is 4.79 Å². The summed E-state index contributed by atoms with van der Waals surface area (Å²) in [7, 11) is 0. The molecule has 1 saturated heterocycles. The fourth-order valence-corrected chi connectivity index (χ4v) is 1.85. The summed E-state index contributed by atoms with van der Waals surface area (Å²) in [6, 6.07) is -0.934. The maximum Gasteiger partial charge on any atom is 0.326 e. The first-order valence-electron chi connectivity index (χ1n) is 5.34. The first kappa shape index (κ1) is 12.0. The Bertz CT molecular complexity index is 249. The summed E-state index contributed by atoms with van der Waals surface area (Å²) >= 11 is 0. The lowest BCUT2D eigenvalue weighted by Gasteiger charge is -2.27. The number of rotatable bonds is 4. The average Bonchev–Trinajstić information content (AvgIpc) is 2.71. The minimum absolute atomic E-state index is 0.0927. The van der Waals surface area contributed by atoms with Gasteiger partial charge in [-0.2, -0.15) is 0 Å². The van der Waals surface area contributed by atoms with Crippen LogP contribution in [0.5, 0.6) is 0 Å². The van der Waals surface area contributed by atoms with Gasteiger partial charge in [-0.3, -0.25) is 4.79 Å². The lowest BCUT2D eigenvalue weighted by Crippen LogP contribution is -2.50. The van der Waals surface area contributed by atoms with Crippen LogP contribution < -0.4 is 5.32 Å². The molecule has 1 aliphatic rings. The predicted octanol–water partition coefficient (Wildman–Crippen LogP) is 0.0600. The number of nitrogens with one attached hydrogen (secondary N) is 1. The highest BCUT2D eigenvalue weighted by Crippen LogP contribution is 2.11. The van der Waals surface area contributed by atoms with E-state index in [1.54, 1.807) is 13.8 Å². The molecule has 0 spiro atoms. The van der Waals surface area contributed by atoms with E-state index in [-0.39, 0.29) is 11.9 Å². The fraction of sp³-hybridized carbons (Fsp3) is 0.800. The fourth-order valence-electron chi connectivity index (χ4n) is 1.85. The van der Waals surface area contributed by atoms with Crippen LogP contribution in [0.1, 0.15) is 26.7 Å². The van der Waals surface area contributed by atoms with Crippen molar-refractivity contribution >= 4 is 11.9 Å². The predicted molar refractivity (Wildman–Crippen MR) is 55.5 cm³/mol. The largest absolute Gasteiger partial charge is 0.480 e. The second-order valence-electron chi connectivity index (χ2n) is 3.79. The van der Waals surface area contributed by atoms with E-state index in [1.807, 2.05) is 0 Å². The minimum atomic E-state index is -0.955. The molecule has 5 nitrogen and oxygen atoms in total. The summed E-state index contributed by atoms with van der Waals surface area (Å²) in [6.07, 6.45) is 1.79. The van der Waals surface area contributed by atoms with Crippen molar-refractivity contribution < 1.29 is 14.7 Å². The first-order valence-corrected chi connectivity index (χ1v) is 5.34. The van der Waals surface area contributed by atoms with Gasteiger partial charge in [0.2, 0.25) is 5.91 Å². The molecule has 15 heavy (non-hydrogen) atoms. The van der Waals surface area contributed by atoms with Crippen molar-refractivity contribution in [2.75, 3.05) is 13.1 Å². The van der Waals surface area contributed by atoms with Crippen LogP contribution in [0.15, 0.2) is 0 Å². The van der Waals surface area contributed by atoms with Crippen molar-refractivity contribution in [3.8, 4) is 0 Å². The zero-order chi connectivity index (χ0) is 11.4. The smallest absolute Gasteiger partial charge is 0.326 e. The van der Waals surface area contributed by atoms with Crippen molar-refractivity contribution in [1.29, 1.82) is 0 Å². The number of carboxylic acids is 1. The highest BCUT2D eigenvalue weighted by Gasteiger charge is 2.31. The quantitative estimate of drug-likeness (QED) is 0.694. The standard InChI is InChI=1S/C10H18N2O3/c1-3-12(7(2)10(14)15)9(13)8-5-4-6-11-8/h7-8,11H,3-6H2,1-2H3,(H,14,15)/t7-,8-/m0/s1. The van der Waals surface area contributed by atoms with Gasteiger partial charge in [0.1, 0.15) is 6.04 Å². The molecule has 0 aromatic heterocycles. The van der Waals surface area contributed by atoms with E-state index in [1.165, 1.54) is 4.90 Å². The van der Waals surface area contributed by atoms with Gasteiger partial charge in [-0.1, -0.05) is 0 Å². The number of carboxylic acid groups (broad SMARTS) is 1. The van der Waals surface area contributed by atoms with Crippen molar-refractivity contribution in [2.24, 2.45) is 0 Å². The molecule has 1 fully saturated rings. The molecule has 0 aromatic rings. The monoisotopic (exact) mass is 214 g/mol. The molecule has 2 N–H and O–H groups in total. The van der Waals surface area contributed by atoms with Gasteiger partial charge in [0.05, 0.1) is 6.04 Å². The van der Waals surface area contributed by atoms with E-state index < -0.39 is 12.0 Å². The second-order valence-corrected chi connectivity index (χ2v) is 3.79. The summed E-state index contributed by atoms with van der Waals surface area (Å²) in [4.78, 5) is 24.1. The van der Waals surface area contributed by atoms with Crippen LogP contribution >= 0.6 is 0 Å². The van der Waals surface area contributed by atoms with Gasteiger partial charge in [0, 0.05) is 6.54 Å². The molecule has 1 amide bonds. The third-order valence-electron chi connectivity index (χ3n) is 2.81. The van der Waals surface area contributed by atoms with E-state index in [9.17, 15) is 9.59 Å². The van der Waals surface area contributed by atoms with Crippen LogP contribution in [0, 0.1) is 0 Å². The number of aliphatic carboxylic acids is 1. The Morgan fingerprint density at radius 3 is 2.67 bits per heavy atom. The van der Waals surface area contributed by atoms with Crippen molar-refractivity contribution in [1.82, 2.24) is 10.2 Å². The molecule has 0 unspecified atom stereocenters.